The van der Waals surface area contributed by atoms with Crippen LogP contribution in [0.25, 0.3) is 10.9 Å². The smallest absolute Gasteiger partial charge is 0.134 e. The third kappa shape index (κ3) is 4.55. The third-order valence-electron chi connectivity index (χ3n) is 3.39. The van der Waals surface area contributed by atoms with Gasteiger partial charge < -0.3 is 0 Å². The van der Waals surface area contributed by atoms with Gasteiger partial charge in [-0.25, -0.2) is 9.97 Å². The van der Waals surface area contributed by atoms with Gasteiger partial charge in [0.15, 0.2) is 0 Å². The number of thioether (sulfide) groups is 1. The predicted molar refractivity (Wildman–Crippen MR) is 106 cm³/mol. The summed E-state index contributed by atoms with van der Waals surface area (Å²) in [6, 6.07) is 18.6. The summed E-state index contributed by atoms with van der Waals surface area (Å²) in [5.74, 6) is 1.85. The highest BCUT2D eigenvalue weighted by Crippen LogP contribution is 2.27. The molecule has 0 aliphatic rings. The van der Waals surface area contributed by atoms with Gasteiger partial charge >= 0.3 is 0 Å². The molecule has 2 nitrogen and oxygen atoms in total. The fourth-order valence-corrected chi connectivity index (χ4v) is 4.16. The van der Waals surface area contributed by atoms with Crippen molar-refractivity contribution in [3.05, 3.63) is 66.0 Å². The summed E-state index contributed by atoms with van der Waals surface area (Å²) in [6.45, 7) is 0. The fourth-order valence-electron chi connectivity index (χ4n) is 2.27. The highest BCUT2D eigenvalue weighted by molar-refractivity contribution is 9.12. The molecule has 0 amide bonds. The van der Waals surface area contributed by atoms with E-state index in [1.54, 1.807) is 11.8 Å². The van der Waals surface area contributed by atoms with E-state index in [1.165, 1.54) is 5.56 Å². The zero-order chi connectivity index (χ0) is 16.1. The monoisotopic (exact) mass is 450 g/mol. The normalized spacial score (nSPS) is 12.4. The van der Waals surface area contributed by atoms with Crippen molar-refractivity contribution in [3.8, 4) is 0 Å². The van der Waals surface area contributed by atoms with Gasteiger partial charge in [-0.15, -0.1) is 11.8 Å². The lowest BCUT2D eigenvalue weighted by Crippen LogP contribution is -2.04. The Labute approximate surface area is 157 Å². The van der Waals surface area contributed by atoms with Crippen molar-refractivity contribution in [2.45, 2.75) is 16.3 Å². The molecular weight excluding hydrogens is 436 g/mol. The molecule has 0 bridgehead atoms. The van der Waals surface area contributed by atoms with Gasteiger partial charge in [0.2, 0.25) is 0 Å². The maximum atomic E-state index is 4.82. The number of hydrogen-bond donors (Lipinski definition) is 0. The van der Waals surface area contributed by atoms with Crippen LogP contribution in [0.4, 0.5) is 0 Å². The minimum atomic E-state index is 0.429. The topological polar surface area (TPSA) is 25.8 Å². The van der Waals surface area contributed by atoms with Gasteiger partial charge in [0, 0.05) is 27.7 Å². The van der Waals surface area contributed by atoms with Crippen molar-refractivity contribution in [2.24, 2.45) is 0 Å². The van der Waals surface area contributed by atoms with Gasteiger partial charge in [-0.2, -0.15) is 0 Å². The second-order valence-electron chi connectivity index (χ2n) is 5.19. The van der Waals surface area contributed by atoms with E-state index in [1.807, 2.05) is 18.2 Å². The van der Waals surface area contributed by atoms with E-state index >= 15 is 0 Å². The molecule has 1 aromatic heterocycles. The predicted octanol–water partition coefficient (Wildman–Crippen LogP) is 5.47. The van der Waals surface area contributed by atoms with Gasteiger partial charge in [0.1, 0.15) is 10.9 Å². The Hall–Kier alpha value is -0.910. The minimum Gasteiger partial charge on any atom is -0.232 e. The Kier molecular flexibility index (Phi) is 6.08. The fraction of sp³-hybridized carbons (Fsp3) is 0.222. The molecule has 3 rings (SSSR count). The van der Waals surface area contributed by atoms with E-state index in [0.29, 0.717) is 4.83 Å². The molecule has 5 heteroatoms. The molecule has 0 saturated carbocycles. The van der Waals surface area contributed by atoms with Crippen molar-refractivity contribution >= 4 is 54.5 Å². The number of rotatable bonds is 6. The molecule has 0 fully saturated rings. The van der Waals surface area contributed by atoms with Crippen molar-refractivity contribution in [1.82, 2.24) is 9.97 Å². The molecule has 0 saturated heterocycles. The number of aromatic nitrogens is 2. The van der Waals surface area contributed by atoms with E-state index in [2.05, 4.69) is 68.3 Å². The molecule has 0 aliphatic carbocycles. The van der Waals surface area contributed by atoms with Crippen LogP contribution in [-0.2, 0) is 6.42 Å². The van der Waals surface area contributed by atoms with Crippen LogP contribution in [0.2, 0.25) is 0 Å². The van der Waals surface area contributed by atoms with Crippen molar-refractivity contribution in [2.75, 3.05) is 11.1 Å². The van der Waals surface area contributed by atoms with Crippen LogP contribution in [0, 0.1) is 0 Å². The number of halogens is 2. The summed E-state index contributed by atoms with van der Waals surface area (Å²) in [5.41, 5.74) is 2.25. The van der Waals surface area contributed by atoms with Crippen LogP contribution in [0.3, 0.4) is 0 Å². The molecule has 0 radical (unpaired) electrons. The Bertz CT molecular complexity index is 780. The Balaban J connectivity index is 1.93. The number of benzene rings is 2. The molecule has 2 aromatic carbocycles. The quantitative estimate of drug-likeness (QED) is 0.282. The Morgan fingerprint density at radius 1 is 0.957 bits per heavy atom. The standard InChI is InChI=1S/C18H16Br2N2S/c19-11-14(20)12-23-18-15-8-4-5-9-16(15)21-17(22-18)10-13-6-2-1-3-7-13/h1-9,14H,10-12H2. The zero-order valence-corrected chi connectivity index (χ0v) is 16.4. The third-order valence-corrected chi connectivity index (χ3v) is 7.27. The lowest BCUT2D eigenvalue weighted by Gasteiger charge is -2.10. The Morgan fingerprint density at radius 2 is 1.70 bits per heavy atom. The first-order valence-corrected chi connectivity index (χ1v) is 10.4. The van der Waals surface area contributed by atoms with Crippen LogP contribution < -0.4 is 0 Å². The van der Waals surface area contributed by atoms with Crippen LogP contribution >= 0.6 is 43.6 Å². The van der Waals surface area contributed by atoms with E-state index in [9.17, 15) is 0 Å². The average Bonchev–Trinajstić information content (AvgIpc) is 2.60. The average molecular weight is 452 g/mol. The number of para-hydroxylation sites is 1. The number of hydrogen-bond acceptors (Lipinski definition) is 3. The van der Waals surface area contributed by atoms with Gasteiger partial charge in [0.05, 0.1) is 5.52 Å². The molecule has 0 N–H and O–H groups in total. The van der Waals surface area contributed by atoms with Crippen LogP contribution in [0.15, 0.2) is 59.6 Å². The molecule has 23 heavy (non-hydrogen) atoms. The van der Waals surface area contributed by atoms with E-state index < -0.39 is 0 Å². The van der Waals surface area contributed by atoms with Crippen molar-refractivity contribution < 1.29 is 0 Å². The SMILES string of the molecule is BrCC(Br)CSc1nc(Cc2ccccc2)nc2ccccc12. The molecule has 3 aromatic rings. The van der Waals surface area contributed by atoms with Crippen molar-refractivity contribution in [3.63, 3.8) is 0 Å². The van der Waals surface area contributed by atoms with Crippen LogP contribution in [-0.4, -0.2) is 25.9 Å². The molecule has 0 spiro atoms. The first-order chi connectivity index (χ1) is 11.3. The summed E-state index contributed by atoms with van der Waals surface area (Å²) >= 11 is 8.94. The van der Waals surface area contributed by atoms with E-state index in [-0.39, 0.29) is 0 Å². The number of nitrogens with zero attached hydrogens (tertiary/aromatic N) is 2. The van der Waals surface area contributed by atoms with Gasteiger partial charge in [0.25, 0.3) is 0 Å². The van der Waals surface area contributed by atoms with Crippen molar-refractivity contribution in [1.29, 1.82) is 0 Å². The second-order valence-corrected chi connectivity index (χ2v) is 8.14. The number of alkyl halides is 2. The largest absolute Gasteiger partial charge is 0.232 e. The minimum absolute atomic E-state index is 0.429. The first kappa shape index (κ1) is 16.9. The lowest BCUT2D eigenvalue weighted by atomic mass is 10.1. The molecule has 0 aliphatic heterocycles. The van der Waals surface area contributed by atoms with Gasteiger partial charge in [-0.05, 0) is 11.6 Å². The summed E-state index contributed by atoms with van der Waals surface area (Å²) < 4.78 is 0. The lowest BCUT2D eigenvalue weighted by molar-refractivity contribution is 0.940. The maximum absolute atomic E-state index is 4.82. The van der Waals surface area contributed by atoms with Gasteiger partial charge in [-0.3, -0.25) is 0 Å². The zero-order valence-electron chi connectivity index (χ0n) is 12.5. The first-order valence-electron chi connectivity index (χ1n) is 7.38. The van der Waals surface area contributed by atoms with Gasteiger partial charge in [-0.1, -0.05) is 80.4 Å². The second kappa shape index (κ2) is 8.27. The summed E-state index contributed by atoms with van der Waals surface area (Å²) in [5, 5.41) is 3.12. The van der Waals surface area contributed by atoms with E-state index in [4.69, 9.17) is 9.97 Å². The van der Waals surface area contributed by atoms with E-state index in [0.717, 1.165) is 39.3 Å². The van der Waals surface area contributed by atoms with Crippen LogP contribution in [0.1, 0.15) is 11.4 Å². The molecule has 118 valence electrons. The summed E-state index contributed by atoms with van der Waals surface area (Å²) in [6.07, 6.45) is 0.759. The van der Waals surface area contributed by atoms with Crippen LogP contribution in [0.5, 0.6) is 0 Å². The summed E-state index contributed by atoms with van der Waals surface area (Å²) in [4.78, 5) is 9.98. The summed E-state index contributed by atoms with van der Waals surface area (Å²) in [7, 11) is 0. The Morgan fingerprint density at radius 3 is 2.48 bits per heavy atom. The highest BCUT2D eigenvalue weighted by atomic mass is 79.9. The highest BCUT2D eigenvalue weighted by Gasteiger charge is 2.11. The molecule has 1 atom stereocenters. The molecule has 1 heterocycles. The molecular formula is C18H16Br2N2S. The number of fused-ring (bicyclic) bond motifs is 1. The molecule has 1 unspecified atom stereocenters. The maximum Gasteiger partial charge on any atom is 0.134 e.